The van der Waals surface area contributed by atoms with Crippen molar-refractivity contribution in [2.75, 3.05) is 13.7 Å². The Balaban J connectivity index is 1.77. The van der Waals surface area contributed by atoms with E-state index in [-0.39, 0.29) is 23.3 Å². The van der Waals surface area contributed by atoms with E-state index >= 15 is 0 Å². The van der Waals surface area contributed by atoms with E-state index in [0.717, 1.165) is 6.42 Å². The number of amides is 1. The van der Waals surface area contributed by atoms with E-state index in [1.54, 1.807) is 6.92 Å². The summed E-state index contributed by atoms with van der Waals surface area (Å²) in [7, 11) is 1.38. The number of ether oxygens (including phenoxy) is 4. The highest BCUT2D eigenvalue weighted by atomic mass is 16.6. The second kappa shape index (κ2) is 13.1. The molecule has 36 heavy (non-hydrogen) atoms. The van der Waals surface area contributed by atoms with Crippen molar-refractivity contribution in [3.63, 3.8) is 0 Å². The summed E-state index contributed by atoms with van der Waals surface area (Å²) >= 11 is 0. The lowest BCUT2D eigenvalue weighted by atomic mass is 9.98. The van der Waals surface area contributed by atoms with Gasteiger partial charge in [0.05, 0.1) is 13.2 Å². The van der Waals surface area contributed by atoms with Crippen LogP contribution in [0.1, 0.15) is 56.9 Å². The highest BCUT2D eigenvalue weighted by molar-refractivity contribution is 5.97. The smallest absolute Gasteiger partial charge is 0.329 e. The van der Waals surface area contributed by atoms with Crippen LogP contribution in [-0.2, 0) is 14.3 Å². The minimum atomic E-state index is -0.905. The van der Waals surface area contributed by atoms with Gasteiger partial charge in [-0.3, -0.25) is 4.79 Å². The summed E-state index contributed by atoms with van der Waals surface area (Å²) in [6.07, 6.45) is 2.43. The van der Waals surface area contributed by atoms with Crippen LogP contribution < -0.4 is 14.8 Å². The highest BCUT2D eigenvalue weighted by Crippen LogP contribution is 2.28. The van der Waals surface area contributed by atoms with Gasteiger partial charge < -0.3 is 29.4 Å². The van der Waals surface area contributed by atoms with Gasteiger partial charge in [-0.1, -0.05) is 44.9 Å². The van der Waals surface area contributed by atoms with Gasteiger partial charge in [0.15, 0.2) is 23.3 Å². The quantitative estimate of drug-likeness (QED) is 0.525. The molecule has 9 heteroatoms. The minimum absolute atomic E-state index is 0.116. The predicted octanol–water partition coefficient (Wildman–Crippen LogP) is 3.89. The van der Waals surface area contributed by atoms with E-state index in [4.69, 9.17) is 18.9 Å². The Hall–Kier alpha value is -3.33. The molecule has 2 N–H and O–H groups in total. The molecule has 1 aromatic heterocycles. The largest absolute Gasteiger partial charge is 0.503 e. The molecule has 9 nitrogen and oxygen atoms in total. The number of nitrogens with one attached hydrogen (secondary N) is 1. The fourth-order valence-corrected chi connectivity index (χ4v) is 4.06. The number of carbonyl (C=O) groups is 2. The summed E-state index contributed by atoms with van der Waals surface area (Å²) in [4.78, 5) is 29.9. The lowest BCUT2D eigenvalue weighted by Gasteiger charge is -2.34. The number of nitrogens with zero attached hydrogens (tertiary/aromatic N) is 1. The predicted molar refractivity (Wildman–Crippen MR) is 133 cm³/mol. The van der Waals surface area contributed by atoms with E-state index in [9.17, 15) is 14.7 Å². The number of rotatable bonds is 8. The average Bonchev–Trinajstić information content (AvgIpc) is 2.86. The van der Waals surface area contributed by atoms with Gasteiger partial charge in [0.25, 0.3) is 5.91 Å². The van der Waals surface area contributed by atoms with E-state index in [0.29, 0.717) is 37.5 Å². The molecule has 0 radical (unpaired) electrons. The first-order chi connectivity index (χ1) is 17.3. The molecule has 1 aromatic carbocycles. The molecule has 3 rings (SSSR count). The summed E-state index contributed by atoms with van der Waals surface area (Å²) < 4.78 is 23.3. The summed E-state index contributed by atoms with van der Waals surface area (Å²) in [6, 6.07) is 9.90. The molecule has 1 amide bonds. The number of esters is 1. The summed E-state index contributed by atoms with van der Waals surface area (Å²) in [5.41, 5.74) is -0.222. The summed E-state index contributed by atoms with van der Waals surface area (Å²) in [6.45, 7) is 6.50. The lowest BCUT2D eigenvalue weighted by molar-refractivity contribution is -0.162. The van der Waals surface area contributed by atoms with Crippen molar-refractivity contribution in [2.24, 2.45) is 5.92 Å². The van der Waals surface area contributed by atoms with Crippen molar-refractivity contribution < 1.29 is 33.6 Å². The normalized spacial score (nSPS) is 23.0. The molecule has 0 aliphatic carbocycles. The third-order valence-electron chi connectivity index (χ3n) is 5.93. The monoisotopic (exact) mass is 500 g/mol. The number of aromatic nitrogens is 1. The van der Waals surface area contributed by atoms with Crippen LogP contribution in [0.15, 0.2) is 42.6 Å². The van der Waals surface area contributed by atoms with Crippen molar-refractivity contribution in [1.82, 2.24) is 10.3 Å². The van der Waals surface area contributed by atoms with Crippen molar-refractivity contribution >= 4 is 11.9 Å². The first-order valence-electron chi connectivity index (χ1n) is 12.4. The van der Waals surface area contributed by atoms with Gasteiger partial charge in [0.1, 0.15) is 17.9 Å². The van der Waals surface area contributed by atoms with E-state index in [1.165, 1.54) is 19.4 Å². The second-order valence-corrected chi connectivity index (χ2v) is 9.32. The zero-order chi connectivity index (χ0) is 26.1. The Morgan fingerprint density at radius 2 is 1.92 bits per heavy atom. The average molecular weight is 501 g/mol. The third kappa shape index (κ3) is 7.34. The number of carbonyl (C=O) groups excluding carboxylic acids is 2. The maximum atomic E-state index is 13.1. The van der Waals surface area contributed by atoms with Crippen molar-refractivity contribution in [3.8, 4) is 17.2 Å². The number of aromatic hydroxyl groups is 1. The van der Waals surface area contributed by atoms with Gasteiger partial charge in [0.2, 0.25) is 0 Å². The first-order valence-corrected chi connectivity index (χ1v) is 12.4. The van der Waals surface area contributed by atoms with Gasteiger partial charge in [-0.05, 0) is 37.8 Å². The van der Waals surface area contributed by atoms with Crippen LogP contribution in [0.5, 0.6) is 17.2 Å². The van der Waals surface area contributed by atoms with Crippen LogP contribution in [0.3, 0.4) is 0 Å². The maximum absolute atomic E-state index is 13.1. The van der Waals surface area contributed by atoms with Crippen LogP contribution >= 0.6 is 0 Å². The van der Waals surface area contributed by atoms with E-state index in [2.05, 4.69) is 24.1 Å². The molecular formula is C27H36N2O7. The van der Waals surface area contributed by atoms with Crippen molar-refractivity contribution in [2.45, 2.75) is 70.8 Å². The number of methoxy groups -OCH3 is 1. The molecule has 4 atom stereocenters. The van der Waals surface area contributed by atoms with Crippen LogP contribution in [0.25, 0.3) is 0 Å². The topological polar surface area (TPSA) is 116 Å². The molecule has 1 aliphatic heterocycles. The summed E-state index contributed by atoms with van der Waals surface area (Å²) in [5.74, 6) is -0.536. The van der Waals surface area contributed by atoms with Crippen molar-refractivity contribution in [1.29, 1.82) is 0 Å². The zero-order valence-corrected chi connectivity index (χ0v) is 21.3. The van der Waals surface area contributed by atoms with E-state index in [1.807, 2.05) is 30.3 Å². The van der Waals surface area contributed by atoms with Gasteiger partial charge in [-0.15, -0.1) is 0 Å². The standard InChI is InChI=1S/C27H36N2O7/c1-17(2)16-34-22-13-9-8-12-20(29-26(31)23-24(30)21(33-4)14-15-28-23)27(32)35-18(3)25(22)36-19-10-6-5-7-11-19/h5-7,10-11,14-15,17-18,20,22,25,30H,8-9,12-13,16H2,1-4H3,(H,29,31)/t18-,20-,22-,25-/m0/s1. The molecule has 196 valence electrons. The summed E-state index contributed by atoms with van der Waals surface area (Å²) in [5, 5.41) is 12.9. The van der Waals surface area contributed by atoms with Gasteiger partial charge in [-0.25, -0.2) is 9.78 Å². The van der Waals surface area contributed by atoms with Crippen molar-refractivity contribution in [3.05, 3.63) is 48.3 Å². The SMILES string of the molecule is COc1ccnc(C(=O)N[C@H]2CCCC[C@H](OCC(C)C)[C@@H](Oc3ccccc3)[C@H](C)OC2=O)c1O. The van der Waals surface area contributed by atoms with Crippen LogP contribution in [-0.4, -0.2) is 60.0 Å². The van der Waals surface area contributed by atoms with Gasteiger partial charge in [-0.2, -0.15) is 0 Å². The Kier molecular flexibility index (Phi) is 9.93. The number of hydrogen-bond donors (Lipinski definition) is 2. The molecule has 0 unspecified atom stereocenters. The molecular weight excluding hydrogens is 464 g/mol. The maximum Gasteiger partial charge on any atom is 0.329 e. The lowest BCUT2D eigenvalue weighted by Crippen LogP contribution is -2.49. The minimum Gasteiger partial charge on any atom is -0.503 e. The molecule has 0 saturated carbocycles. The Bertz CT molecular complexity index is 999. The number of pyridine rings is 1. The molecule has 2 heterocycles. The highest BCUT2D eigenvalue weighted by Gasteiger charge is 2.36. The van der Waals surface area contributed by atoms with E-state index < -0.39 is 30.1 Å². The van der Waals surface area contributed by atoms with Gasteiger partial charge in [0, 0.05) is 18.9 Å². The van der Waals surface area contributed by atoms with Crippen LogP contribution in [0, 0.1) is 5.92 Å². The molecule has 1 saturated heterocycles. The number of para-hydroxylation sites is 1. The zero-order valence-electron chi connectivity index (χ0n) is 21.3. The molecule has 0 bridgehead atoms. The Morgan fingerprint density at radius 1 is 1.19 bits per heavy atom. The third-order valence-corrected chi connectivity index (χ3v) is 5.93. The molecule has 1 aliphatic rings. The Labute approximate surface area is 212 Å². The first kappa shape index (κ1) is 27.3. The fraction of sp³-hybridized carbons (Fsp3) is 0.519. The molecule has 2 aromatic rings. The second-order valence-electron chi connectivity index (χ2n) is 9.32. The number of cyclic esters (lactones) is 1. The van der Waals surface area contributed by atoms with Crippen LogP contribution in [0.4, 0.5) is 0 Å². The van der Waals surface area contributed by atoms with Gasteiger partial charge >= 0.3 is 5.97 Å². The molecule has 1 fully saturated rings. The molecule has 0 spiro atoms. The number of benzene rings is 1. The Morgan fingerprint density at radius 3 is 2.61 bits per heavy atom. The van der Waals surface area contributed by atoms with Crippen LogP contribution in [0.2, 0.25) is 0 Å². The number of hydrogen-bond acceptors (Lipinski definition) is 8. The fourth-order valence-electron chi connectivity index (χ4n) is 4.06.